The summed E-state index contributed by atoms with van der Waals surface area (Å²) in [4.78, 5) is 16.2. The van der Waals surface area contributed by atoms with Crippen molar-refractivity contribution in [1.29, 1.82) is 0 Å². The Morgan fingerprint density at radius 1 is 1.50 bits per heavy atom. The second kappa shape index (κ2) is 7.58. The molecule has 1 heterocycles. The molecule has 1 unspecified atom stereocenters. The molecule has 0 bridgehead atoms. The maximum absolute atomic E-state index is 13.7. The Hall–Kier alpha value is -1.62. The van der Waals surface area contributed by atoms with Crippen molar-refractivity contribution < 1.29 is 13.9 Å². The van der Waals surface area contributed by atoms with Gasteiger partial charge in [-0.15, -0.1) is 0 Å². The summed E-state index contributed by atoms with van der Waals surface area (Å²) in [6.45, 7) is 5.04. The van der Waals surface area contributed by atoms with E-state index in [1.165, 1.54) is 19.6 Å². The lowest BCUT2D eigenvalue weighted by atomic mass is 10.0. The molecule has 4 nitrogen and oxygen atoms in total. The summed E-state index contributed by atoms with van der Waals surface area (Å²) in [6.07, 6.45) is 2.40. The minimum atomic E-state index is -0.397. The number of likely N-dealkylation sites (N-methyl/N-ethyl adjacent to an activating group) is 1. The number of piperidine rings is 1. The predicted molar refractivity (Wildman–Crippen MR) is 84.3 cm³/mol. The van der Waals surface area contributed by atoms with Gasteiger partial charge in [0.05, 0.1) is 13.7 Å². The number of hydrogen-bond acceptors (Lipinski definition) is 3. The molecule has 0 N–H and O–H groups in total. The molecule has 122 valence electrons. The lowest BCUT2D eigenvalue weighted by molar-refractivity contribution is -0.132. The fraction of sp³-hybridized carbons (Fsp3) is 0.588. The minimum Gasteiger partial charge on any atom is -0.494 e. The van der Waals surface area contributed by atoms with Crippen LogP contribution in [0, 0.1) is 11.7 Å². The van der Waals surface area contributed by atoms with E-state index in [9.17, 15) is 9.18 Å². The second-order valence-corrected chi connectivity index (χ2v) is 6.20. The van der Waals surface area contributed by atoms with E-state index in [-0.39, 0.29) is 11.7 Å². The number of likely N-dealkylation sites (tertiary alicyclic amines) is 1. The number of hydrogen-bond donors (Lipinski definition) is 0. The van der Waals surface area contributed by atoms with Crippen molar-refractivity contribution in [2.45, 2.75) is 26.3 Å². The van der Waals surface area contributed by atoms with Gasteiger partial charge in [0.15, 0.2) is 11.6 Å². The van der Waals surface area contributed by atoms with Crippen molar-refractivity contribution in [2.75, 3.05) is 33.8 Å². The fourth-order valence-electron chi connectivity index (χ4n) is 2.91. The number of ether oxygens (including phenoxy) is 1. The fourth-order valence-corrected chi connectivity index (χ4v) is 2.91. The van der Waals surface area contributed by atoms with E-state index in [0.717, 1.165) is 25.1 Å². The maximum Gasteiger partial charge on any atom is 0.236 e. The van der Waals surface area contributed by atoms with Crippen LogP contribution in [0.3, 0.4) is 0 Å². The van der Waals surface area contributed by atoms with Gasteiger partial charge in [-0.3, -0.25) is 9.69 Å². The molecule has 1 atom stereocenters. The largest absolute Gasteiger partial charge is 0.494 e. The number of carbonyl (C=O) groups excluding carboxylic acids is 1. The molecule has 0 aromatic heterocycles. The van der Waals surface area contributed by atoms with Crippen LogP contribution >= 0.6 is 0 Å². The zero-order valence-electron chi connectivity index (χ0n) is 13.6. The molecule has 0 radical (unpaired) electrons. The van der Waals surface area contributed by atoms with Crippen molar-refractivity contribution in [2.24, 2.45) is 5.92 Å². The average Bonchev–Trinajstić information content (AvgIpc) is 2.47. The molecule has 1 aromatic carbocycles. The number of amides is 1. The normalized spacial score (nSPS) is 19.0. The quantitative estimate of drug-likeness (QED) is 0.838. The zero-order valence-corrected chi connectivity index (χ0v) is 13.6. The first kappa shape index (κ1) is 16.7. The summed E-state index contributed by atoms with van der Waals surface area (Å²) in [5.41, 5.74) is 0.765. The van der Waals surface area contributed by atoms with Crippen LogP contribution in [-0.2, 0) is 11.3 Å². The smallest absolute Gasteiger partial charge is 0.236 e. The molecule has 0 saturated carbocycles. The molecule has 2 rings (SSSR count). The third kappa shape index (κ3) is 4.44. The Kier molecular flexibility index (Phi) is 5.77. The minimum absolute atomic E-state index is 0.0744. The van der Waals surface area contributed by atoms with Crippen molar-refractivity contribution >= 4 is 5.91 Å². The molecular weight excluding hydrogens is 283 g/mol. The standard InChI is InChI=1S/C17H25FN2O2/c1-13-5-4-8-20(10-13)12-17(21)19(2)11-14-6-7-16(22-3)15(18)9-14/h6-7,9,13H,4-5,8,10-12H2,1-3H3. The Morgan fingerprint density at radius 2 is 2.27 bits per heavy atom. The highest BCUT2D eigenvalue weighted by Crippen LogP contribution is 2.19. The third-order valence-corrected chi connectivity index (χ3v) is 4.16. The summed E-state index contributed by atoms with van der Waals surface area (Å²) in [6, 6.07) is 4.80. The van der Waals surface area contributed by atoms with Crippen molar-refractivity contribution in [1.82, 2.24) is 9.80 Å². The van der Waals surface area contributed by atoms with Crippen LogP contribution in [0.4, 0.5) is 4.39 Å². The molecule has 0 aliphatic carbocycles. The van der Waals surface area contributed by atoms with E-state index < -0.39 is 5.82 Å². The third-order valence-electron chi connectivity index (χ3n) is 4.16. The van der Waals surface area contributed by atoms with Gasteiger partial charge in [0.1, 0.15) is 0 Å². The summed E-state index contributed by atoms with van der Waals surface area (Å²) >= 11 is 0. The van der Waals surface area contributed by atoms with E-state index >= 15 is 0 Å². The first-order chi connectivity index (χ1) is 10.5. The van der Waals surface area contributed by atoms with Gasteiger partial charge in [0.2, 0.25) is 5.91 Å². The molecule has 1 fully saturated rings. The van der Waals surface area contributed by atoms with E-state index in [0.29, 0.717) is 19.0 Å². The van der Waals surface area contributed by atoms with Gasteiger partial charge in [0.25, 0.3) is 0 Å². The topological polar surface area (TPSA) is 32.8 Å². The molecule has 1 amide bonds. The molecule has 5 heteroatoms. The van der Waals surface area contributed by atoms with Gasteiger partial charge in [-0.2, -0.15) is 0 Å². The molecule has 0 spiro atoms. The first-order valence-corrected chi connectivity index (χ1v) is 7.78. The SMILES string of the molecule is COc1ccc(CN(C)C(=O)CN2CCCC(C)C2)cc1F. The number of halogens is 1. The van der Waals surface area contributed by atoms with Crippen LogP contribution in [0.5, 0.6) is 5.75 Å². The van der Waals surface area contributed by atoms with E-state index in [4.69, 9.17) is 4.74 Å². The van der Waals surface area contributed by atoms with Gasteiger partial charge in [0, 0.05) is 20.1 Å². The number of methoxy groups -OCH3 is 1. The second-order valence-electron chi connectivity index (χ2n) is 6.20. The summed E-state index contributed by atoms with van der Waals surface area (Å²) in [5, 5.41) is 0. The molecule has 1 aliphatic heterocycles. The molecule has 22 heavy (non-hydrogen) atoms. The van der Waals surface area contributed by atoms with Crippen molar-refractivity contribution in [3.05, 3.63) is 29.6 Å². The monoisotopic (exact) mass is 308 g/mol. The summed E-state index contributed by atoms with van der Waals surface area (Å²) in [7, 11) is 3.20. The Balaban J connectivity index is 1.89. The predicted octanol–water partition coefficient (Wildman–Crippen LogP) is 2.52. The number of benzene rings is 1. The summed E-state index contributed by atoms with van der Waals surface area (Å²) < 4.78 is 18.6. The van der Waals surface area contributed by atoms with Gasteiger partial charge in [-0.25, -0.2) is 4.39 Å². The van der Waals surface area contributed by atoms with Gasteiger partial charge in [-0.1, -0.05) is 13.0 Å². The van der Waals surface area contributed by atoms with Crippen LogP contribution in [-0.4, -0.2) is 49.5 Å². The Labute approximate surface area is 131 Å². The zero-order chi connectivity index (χ0) is 16.1. The van der Waals surface area contributed by atoms with E-state index in [2.05, 4.69) is 11.8 Å². The molecule has 1 aromatic rings. The number of nitrogens with zero attached hydrogens (tertiary/aromatic N) is 2. The van der Waals surface area contributed by atoms with E-state index in [1.807, 2.05) is 0 Å². The lowest BCUT2D eigenvalue weighted by Gasteiger charge is -2.31. The molecule has 1 aliphatic rings. The maximum atomic E-state index is 13.7. The van der Waals surface area contributed by atoms with E-state index in [1.54, 1.807) is 24.1 Å². The Bertz CT molecular complexity index is 521. The van der Waals surface area contributed by atoms with Crippen molar-refractivity contribution in [3.63, 3.8) is 0 Å². The number of rotatable bonds is 5. The van der Waals surface area contributed by atoms with Crippen LogP contribution in [0.1, 0.15) is 25.3 Å². The highest BCUT2D eigenvalue weighted by molar-refractivity contribution is 5.78. The molecular formula is C17H25FN2O2. The summed E-state index contributed by atoms with van der Waals surface area (Å²) in [5.74, 6) is 0.554. The Morgan fingerprint density at radius 3 is 2.91 bits per heavy atom. The van der Waals surface area contributed by atoms with Crippen LogP contribution < -0.4 is 4.74 Å². The van der Waals surface area contributed by atoms with Crippen LogP contribution in [0.2, 0.25) is 0 Å². The first-order valence-electron chi connectivity index (χ1n) is 7.78. The average molecular weight is 308 g/mol. The highest BCUT2D eigenvalue weighted by atomic mass is 19.1. The van der Waals surface area contributed by atoms with Gasteiger partial charge >= 0.3 is 0 Å². The number of carbonyl (C=O) groups is 1. The van der Waals surface area contributed by atoms with Crippen molar-refractivity contribution in [3.8, 4) is 5.75 Å². The van der Waals surface area contributed by atoms with Gasteiger partial charge in [-0.05, 0) is 43.0 Å². The van der Waals surface area contributed by atoms with Gasteiger partial charge < -0.3 is 9.64 Å². The highest BCUT2D eigenvalue weighted by Gasteiger charge is 2.20. The molecule has 1 saturated heterocycles. The van der Waals surface area contributed by atoms with Crippen LogP contribution in [0.15, 0.2) is 18.2 Å². The lowest BCUT2D eigenvalue weighted by Crippen LogP contribution is -2.42. The van der Waals surface area contributed by atoms with Crippen LogP contribution in [0.25, 0.3) is 0 Å².